The minimum absolute atomic E-state index is 0.187. The van der Waals surface area contributed by atoms with Crippen molar-refractivity contribution in [2.75, 3.05) is 47.0 Å². The molecule has 2 amide bonds. The van der Waals surface area contributed by atoms with Crippen LogP contribution in [0, 0.1) is 0 Å². The number of aryl methyl sites for hydroxylation is 1. The van der Waals surface area contributed by atoms with Crippen molar-refractivity contribution in [2.45, 2.75) is 70.8 Å². The number of anilines is 3. The molecule has 3 rings (SSSR count). The third-order valence-corrected chi connectivity index (χ3v) is 7.48. The largest absolute Gasteiger partial charge is 0.463 e. The van der Waals surface area contributed by atoms with Crippen molar-refractivity contribution in [3.63, 3.8) is 0 Å². The van der Waals surface area contributed by atoms with Crippen molar-refractivity contribution in [1.82, 2.24) is 0 Å². The Balaban J connectivity index is 1.51. The van der Waals surface area contributed by atoms with Gasteiger partial charge in [0.05, 0.1) is 0 Å². The molecule has 2 N–H and O–H groups in total. The molecule has 49 heavy (non-hydrogen) atoms. The second kappa shape index (κ2) is 19.8. The Morgan fingerprint density at radius 2 is 1.37 bits per heavy atom. The van der Waals surface area contributed by atoms with Gasteiger partial charge in [-0.1, -0.05) is 12.1 Å². The van der Waals surface area contributed by atoms with E-state index in [9.17, 15) is 24.0 Å². The van der Waals surface area contributed by atoms with Crippen molar-refractivity contribution in [2.24, 2.45) is 0 Å². The minimum atomic E-state index is -2.27. The summed E-state index contributed by atoms with van der Waals surface area (Å²) in [6.07, 6.45) is -8.23. The molecule has 0 unspecified atom stereocenters. The van der Waals surface area contributed by atoms with Gasteiger partial charge >= 0.3 is 24.0 Å². The molecular formula is C33H40Cl2FN3O10. The number of benzene rings is 2. The third-order valence-electron chi connectivity index (χ3n) is 7.15. The van der Waals surface area contributed by atoms with Gasteiger partial charge in [-0.25, -0.2) is 9.18 Å². The fraction of sp³-hybridized carbons (Fsp3) is 0.485. The van der Waals surface area contributed by atoms with Crippen LogP contribution in [0.1, 0.15) is 39.2 Å². The van der Waals surface area contributed by atoms with Crippen molar-refractivity contribution in [3.8, 4) is 0 Å². The van der Waals surface area contributed by atoms with Crippen LogP contribution in [0.15, 0.2) is 48.5 Å². The van der Waals surface area contributed by atoms with Gasteiger partial charge in [0.15, 0.2) is 12.2 Å². The molecule has 0 radical (unpaired) electrons. The monoisotopic (exact) mass is 727 g/mol. The first-order valence-corrected chi connectivity index (χ1v) is 16.6. The van der Waals surface area contributed by atoms with E-state index in [0.29, 0.717) is 43.4 Å². The molecule has 0 aliphatic carbocycles. The van der Waals surface area contributed by atoms with Crippen LogP contribution in [0.25, 0.3) is 0 Å². The number of carbonyl (C=O) groups is 5. The highest BCUT2D eigenvalue weighted by atomic mass is 35.5. The van der Waals surface area contributed by atoms with Gasteiger partial charge < -0.3 is 33.9 Å². The normalized spacial score (nSPS) is 20.0. The number of hydrogen-bond donors (Lipinski definition) is 2. The number of nitrogens with zero attached hydrogens (tertiary/aromatic N) is 1. The van der Waals surface area contributed by atoms with Gasteiger partial charge in [0.25, 0.3) is 0 Å². The van der Waals surface area contributed by atoms with Crippen molar-refractivity contribution in [1.29, 1.82) is 0 Å². The SMILES string of the molecule is CC(=O)OC[C@H]1O[C@@H](OC(=O)Nc2ccc(NC(=O)CCCc3ccc(N(CCCl)CCCl)cc3)cc2)[C@H](F)[C@@H](OC(C)=O)[C@@H]1OC(C)=O. The average Bonchev–Trinajstić information content (AvgIpc) is 3.04. The Morgan fingerprint density at radius 1 is 0.796 bits per heavy atom. The Labute approximate surface area is 293 Å². The second-order valence-corrected chi connectivity index (χ2v) is 11.7. The molecule has 16 heteroatoms. The van der Waals surface area contributed by atoms with Crippen LogP contribution in [0.3, 0.4) is 0 Å². The number of alkyl halides is 3. The van der Waals surface area contributed by atoms with Crippen molar-refractivity contribution in [3.05, 3.63) is 54.1 Å². The Kier molecular flexibility index (Phi) is 15.8. The molecule has 0 aromatic heterocycles. The first-order valence-electron chi connectivity index (χ1n) is 15.5. The van der Waals surface area contributed by atoms with Crippen molar-refractivity contribution < 1.29 is 52.0 Å². The van der Waals surface area contributed by atoms with Crippen LogP contribution in [-0.4, -0.2) is 92.1 Å². The number of esters is 3. The summed E-state index contributed by atoms with van der Waals surface area (Å²) in [5.41, 5.74) is 2.87. The Bertz CT molecular complexity index is 1410. The number of hydrogen-bond acceptors (Lipinski definition) is 11. The zero-order valence-corrected chi connectivity index (χ0v) is 28.8. The van der Waals surface area contributed by atoms with E-state index in [0.717, 1.165) is 32.0 Å². The molecule has 1 aliphatic heterocycles. The zero-order chi connectivity index (χ0) is 35.9. The number of rotatable bonds is 16. The lowest BCUT2D eigenvalue weighted by Crippen LogP contribution is -2.60. The number of halogens is 3. The van der Waals surface area contributed by atoms with Crippen LogP contribution in [0.4, 0.5) is 26.2 Å². The first-order chi connectivity index (χ1) is 23.4. The lowest BCUT2D eigenvalue weighted by atomic mass is 9.99. The predicted octanol–water partition coefficient (Wildman–Crippen LogP) is 4.97. The molecule has 2 aromatic carbocycles. The average molecular weight is 729 g/mol. The summed E-state index contributed by atoms with van der Waals surface area (Å²) in [6, 6.07) is 14.2. The number of carbonyl (C=O) groups excluding carboxylic acids is 5. The summed E-state index contributed by atoms with van der Waals surface area (Å²) in [5, 5.41) is 5.21. The van der Waals surface area contributed by atoms with Gasteiger partial charge in [-0.15, -0.1) is 23.2 Å². The molecule has 268 valence electrons. The van der Waals surface area contributed by atoms with E-state index in [2.05, 4.69) is 15.5 Å². The number of ether oxygens (including phenoxy) is 5. The van der Waals surface area contributed by atoms with Crippen molar-refractivity contribution >= 4 is 70.2 Å². The van der Waals surface area contributed by atoms with E-state index in [1.165, 1.54) is 12.1 Å². The van der Waals surface area contributed by atoms with Gasteiger partial charge in [0.1, 0.15) is 12.7 Å². The van der Waals surface area contributed by atoms with Gasteiger partial charge in [-0.3, -0.25) is 24.5 Å². The zero-order valence-electron chi connectivity index (χ0n) is 27.3. The van der Waals surface area contributed by atoms with Gasteiger partial charge in [0, 0.05) is 69.1 Å². The van der Waals surface area contributed by atoms with Gasteiger partial charge in [-0.05, 0) is 54.8 Å². The third kappa shape index (κ3) is 13.0. The summed E-state index contributed by atoms with van der Waals surface area (Å²) in [5.74, 6) is -1.62. The topological polar surface area (TPSA) is 159 Å². The molecule has 1 fully saturated rings. The minimum Gasteiger partial charge on any atom is -0.463 e. The van der Waals surface area contributed by atoms with E-state index in [1.54, 1.807) is 12.1 Å². The fourth-order valence-electron chi connectivity index (χ4n) is 4.97. The molecule has 5 atom stereocenters. The Morgan fingerprint density at radius 3 is 1.92 bits per heavy atom. The number of nitrogens with one attached hydrogen (secondary N) is 2. The second-order valence-electron chi connectivity index (χ2n) is 11.0. The lowest BCUT2D eigenvalue weighted by molar-refractivity contribution is -0.277. The molecule has 1 saturated heterocycles. The highest BCUT2D eigenvalue weighted by Crippen LogP contribution is 2.30. The first kappa shape index (κ1) is 39.3. The molecule has 1 aliphatic rings. The van der Waals surface area contributed by atoms with Crippen LogP contribution >= 0.6 is 23.2 Å². The summed E-state index contributed by atoms with van der Waals surface area (Å²) < 4.78 is 41.1. The smallest absolute Gasteiger partial charge is 0.414 e. The molecule has 0 spiro atoms. The molecular weight excluding hydrogens is 688 g/mol. The maximum absolute atomic E-state index is 15.4. The molecule has 2 aromatic rings. The van der Waals surface area contributed by atoms with Crippen LogP contribution in [-0.2, 0) is 49.3 Å². The standard InChI is InChI=1S/C33H40Cl2FN3O10/c1-20(40)45-19-27-30(46-21(2)41)31(47-22(3)42)29(36)32(48-27)49-33(44)38-25-11-9-24(10-12-25)37-28(43)6-4-5-23-7-13-26(14-8-23)39(17-15-34)18-16-35/h7-14,27,29-32H,4-6,15-19H2,1-3H3,(H,37,43)(H,38,44)/t27-,29-,30-,31-,32+/m1/s1. The fourth-order valence-corrected chi connectivity index (χ4v) is 5.38. The highest BCUT2D eigenvalue weighted by molar-refractivity contribution is 6.18. The Hall–Kier alpha value is -4.14. The van der Waals surface area contributed by atoms with Crippen LogP contribution < -0.4 is 15.5 Å². The lowest BCUT2D eigenvalue weighted by Gasteiger charge is -2.41. The summed E-state index contributed by atoms with van der Waals surface area (Å²) in [7, 11) is 0. The van der Waals surface area contributed by atoms with E-state index in [1.807, 2.05) is 24.3 Å². The molecule has 13 nitrogen and oxygen atoms in total. The summed E-state index contributed by atoms with van der Waals surface area (Å²) in [4.78, 5) is 62.0. The number of amides is 2. The highest BCUT2D eigenvalue weighted by Gasteiger charge is 2.52. The summed E-state index contributed by atoms with van der Waals surface area (Å²) >= 11 is 11.8. The summed E-state index contributed by atoms with van der Waals surface area (Å²) in [6.45, 7) is 4.08. The molecule has 1 heterocycles. The van der Waals surface area contributed by atoms with E-state index in [-0.39, 0.29) is 18.0 Å². The van der Waals surface area contributed by atoms with Crippen LogP contribution in [0.2, 0.25) is 0 Å². The van der Waals surface area contributed by atoms with E-state index < -0.39 is 61.4 Å². The molecule has 0 saturated carbocycles. The van der Waals surface area contributed by atoms with Gasteiger partial charge in [-0.2, -0.15) is 0 Å². The van der Waals surface area contributed by atoms with Crippen LogP contribution in [0.5, 0.6) is 0 Å². The maximum Gasteiger partial charge on any atom is 0.414 e. The predicted molar refractivity (Wildman–Crippen MR) is 180 cm³/mol. The van der Waals surface area contributed by atoms with E-state index >= 15 is 4.39 Å². The maximum atomic E-state index is 15.4. The van der Waals surface area contributed by atoms with E-state index in [4.69, 9.17) is 46.9 Å². The molecule has 0 bridgehead atoms. The van der Waals surface area contributed by atoms with Gasteiger partial charge in [0.2, 0.25) is 18.4 Å². The quantitative estimate of drug-likeness (QED) is 0.137.